The van der Waals surface area contributed by atoms with Crippen molar-refractivity contribution >= 4 is 9.84 Å². The van der Waals surface area contributed by atoms with Crippen LogP contribution in [0.5, 0.6) is 11.5 Å². The van der Waals surface area contributed by atoms with E-state index in [0.29, 0.717) is 18.8 Å². The number of rotatable bonds is 6. The topological polar surface area (TPSA) is 52.6 Å². The zero-order valence-corrected chi connectivity index (χ0v) is 11.2. The Morgan fingerprint density at radius 3 is 2.59 bits per heavy atom. The van der Waals surface area contributed by atoms with Crippen LogP contribution in [0.3, 0.4) is 0 Å². The number of sulfone groups is 1. The molecule has 0 saturated carbocycles. The maximum Gasteiger partial charge on any atom is 0.147 e. The summed E-state index contributed by atoms with van der Waals surface area (Å²) in [5.74, 6) is 1.61. The zero-order chi connectivity index (χ0) is 12.9. The van der Waals surface area contributed by atoms with E-state index < -0.39 is 9.84 Å². The molecule has 0 bridgehead atoms. The third-order valence-corrected chi connectivity index (χ3v) is 3.34. The van der Waals surface area contributed by atoms with Gasteiger partial charge in [0.15, 0.2) is 0 Å². The average molecular weight is 258 g/mol. The minimum atomic E-state index is -2.90. The first-order chi connectivity index (χ1) is 7.92. The second-order valence-corrected chi connectivity index (χ2v) is 6.22. The van der Waals surface area contributed by atoms with Crippen molar-refractivity contribution in [3.05, 3.63) is 23.8 Å². The van der Waals surface area contributed by atoms with Crippen molar-refractivity contribution in [1.29, 1.82) is 0 Å². The van der Waals surface area contributed by atoms with Gasteiger partial charge in [0.1, 0.15) is 21.3 Å². The molecule has 1 rings (SSSR count). The van der Waals surface area contributed by atoms with Crippen molar-refractivity contribution in [2.75, 3.05) is 25.7 Å². The molecule has 0 aliphatic carbocycles. The fourth-order valence-electron chi connectivity index (χ4n) is 1.40. The molecule has 96 valence electrons. The Bertz CT molecular complexity index is 465. The van der Waals surface area contributed by atoms with Crippen molar-refractivity contribution in [3.8, 4) is 11.5 Å². The molecule has 1 aromatic rings. The molecule has 0 spiro atoms. The summed E-state index contributed by atoms with van der Waals surface area (Å²) in [7, 11) is -1.30. The van der Waals surface area contributed by atoms with Crippen molar-refractivity contribution in [2.24, 2.45) is 0 Å². The molecule has 0 fully saturated rings. The molecule has 0 saturated heterocycles. The van der Waals surface area contributed by atoms with E-state index in [0.717, 1.165) is 11.3 Å². The van der Waals surface area contributed by atoms with Crippen LogP contribution in [0.4, 0.5) is 0 Å². The second-order valence-electron chi connectivity index (χ2n) is 3.96. The Kier molecular flexibility index (Phi) is 4.81. The Morgan fingerprint density at radius 2 is 2.00 bits per heavy atom. The first kappa shape index (κ1) is 13.8. The highest BCUT2D eigenvalue weighted by Gasteiger charge is 2.03. The van der Waals surface area contributed by atoms with Crippen LogP contribution in [0.15, 0.2) is 18.2 Å². The first-order valence-electron chi connectivity index (χ1n) is 5.37. The molecule has 0 unspecified atom stereocenters. The predicted molar refractivity (Wildman–Crippen MR) is 67.6 cm³/mol. The second kappa shape index (κ2) is 5.91. The first-order valence-corrected chi connectivity index (χ1v) is 7.43. The summed E-state index contributed by atoms with van der Waals surface area (Å²) in [5.41, 5.74) is 1.04. The predicted octanol–water partition coefficient (Wildman–Crippen LogP) is 1.82. The Balaban J connectivity index is 2.47. The van der Waals surface area contributed by atoms with Crippen molar-refractivity contribution in [3.63, 3.8) is 0 Å². The van der Waals surface area contributed by atoms with Gasteiger partial charge in [0, 0.05) is 12.3 Å². The SMILES string of the molecule is COc1cc(OCCCS(C)(=O)=O)ccc1C. The lowest BCUT2D eigenvalue weighted by Crippen LogP contribution is -2.08. The van der Waals surface area contributed by atoms with Crippen LogP contribution in [0.1, 0.15) is 12.0 Å². The molecule has 5 heteroatoms. The van der Waals surface area contributed by atoms with Gasteiger partial charge in [-0.05, 0) is 25.0 Å². The van der Waals surface area contributed by atoms with E-state index in [1.165, 1.54) is 6.26 Å². The van der Waals surface area contributed by atoms with E-state index in [2.05, 4.69) is 0 Å². The van der Waals surface area contributed by atoms with Gasteiger partial charge < -0.3 is 9.47 Å². The van der Waals surface area contributed by atoms with Gasteiger partial charge in [0.2, 0.25) is 0 Å². The molecule has 0 atom stereocenters. The largest absolute Gasteiger partial charge is 0.496 e. The lowest BCUT2D eigenvalue weighted by Gasteiger charge is -2.09. The van der Waals surface area contributed by atoms with E-state index >= 15 is 0 Å². The van der Waals surface area contributed by atoms with Gasteiger partial charge in [-0.3, -0.25) is 0 Å². The maximum atomic E-state index is 10.9. The summed E-state index contributed by atoms with van der Waals surface area (Å²) < 4.78 is 32.4. The molecular formula is C12H18O4S. The molecule has 0 N–H and O–H groups in total. The van der Waals surface area contributed by atoms with Gasteiger partial charge >= 0.3 is 0 Å². The van der Waals surface area contributed by atoms with Gasteiger partial charge in [-0.2, -0.15) is 0 Å². The number of aryl methyl sites for hydroxylation is 1. The van der Waals surface area contributed by atoms with E-state index in [4.69, 9.17) is 9.47 Å². The monoisotopic (exact) mass is 258 g/mol. The summed E-state index contributed by atoms with van der Waals surface area (Å²) in [4.78, 5) is 0. The van der Waals surface area contributed by atoms with Crippen LogP contribution in [0.25, 0.3) is 0 Å². The lowest BCUT2D eigenvalue weighted by molar-refractivity contribution is 0.314. The molecule has 17 heavy (non-hydrogen) atoms. The van der Waals surface area contributed by atoms with Crippen LogP contribution in [0.2, 0.25) is 0 Å². The Hall–Kier alpha value is -1.23. The van der Waals surface area contributed by atoms with E-state index in [-0.39, 0.29) is 5.75 Å². The van der Waals surface area contributed by atoms with Gasteiger partial charge in [-0.1, -0.05) is 6.07 Å². The third-order valence-electron chi connectivity index (χ3n) is 2.31. The van der Waals surface area contributed by atoms with Gasteiger partial charge in [0.05, 0.1) is 19.5 Å². The number of ether oxygens (including phenoxy) is 2. The van der Waals surface area contributed by atoms with Gasteiger partial charge in [-0.25, -0.2) is 8.42 Å². The van der Waals surface area contributed by atoms with Crippen molar-refractivity contribution < 1.29 is 17.9 Å². The zero-order valence-electron chi connectivity index (χ0n) is 10.4. The minimum absolute atomic E-state index is 0.149. The highest BCUT2D eigenvalue weighted by atomic mass is 32.2. The number of hydrogen-bond acceptors (Lipinski definition) is 4. The van der Waals surface area contributed by atoms with E-state index in [1.54, 1.807) is 13.2 Å². The third kappa shape index (κ3) is 5.08. The molecule has 0 radical (unpaired) electrons. The summed E-state index contributed by atoms with van der Waals surface area (Å²) in [5, 5.41) is 0. The summed E-state index contributed by atoms with van der Waals surface area (Å²) in [6.07, 6.45) is 1.72. The maximum absolute atomic E-state index is 10.9. The summed E-state index contributed by atoms with van der Waals surface area (Å²) >= 11 is 0. The normalized spacial score (nSPS) is 11.2. The smallest absolute Gasteiger partial charge is 0.147 e. The van der Waals surface area contributed by atoms with Crippen molar-refractivity contribution in [2.45, 2.75) is 13.3 Å². The molecule has 0 aromatic heterocycles. The molecule has 1 aromatic carbocycles. The molecule has 0 heterocycles. The van der Waals surface area contributed by atoms with Crippen molar-refractivity contribution in [1.82, 2.24) is 0 Å². The highest BCUT2D eigenvalue weighted by Crippen LogP contribution is 2.23. The summed E-state index contributed by atoms with van der Waals surface area (Å²) in [6.45, 7) is 2.34. The Morgan fingerprint density at radius 1 is 1.29 bits per heavy atom. The fraction of sp³-hybridized carbons (Fsp3) is 0.500. The standard InChI is InChI=1S/C12H18O4S/c1-10-5-6-11(9-12(10)15-2)16-7-4-8-17(3,13)14/h5-6,9H,4,7-8H2,1-3H3. The van der Waals surface area contributed by atoms with E-state index in [1.807, 2.05) is 19.1 Å². The van der Waals surface area contributed by atoms with Crippen LogP contribution in [-0.2, 0) is 9.84 Å². The Labute approximate surface area is 102 Å². The molecular weight excluding hydrogens is 240 g/mol. The highest BCUT2D eigenvalue weighted by molar-refractivity contribution is 7.90. The number of methoxy groups -OCH3 is 1. The number of benzene rings is 1. The van der Waals surface area contributed by atoms with Crippen LogP contribution in [0, 0.1) is 6.92 Å². The molecule has 4 nitrogen and oxygen atoms in total. The van der Waals surface area contributed by atoms with Gasteiger partial charge in [0.25, 0.3) is 0 Å². The van der Waals surface area contributed by atoms with Crippen LogP contribution >= 0.6 is 0 Å². The fourth-order valence-corrected chi connectivity index (χ4v) is 2.04. The average Bonchev–Trinajstić information content (AvgIpc) is 2.25. The van der Waals surface area contributed by atoms with Crippen LogP contribution < -0.4 is 9.47 Å². The number of hydrogen-bond donors (Lipinski definition) is 0. The van der Waals surface area contributed by atoms with E-state index in [9.17, 15) is 8.42 Å². The van der Waals surface area contributed by atoms with Gasteiger partial charge in [-0.15, -0.1) is 0 Å². The summed E-state index contributed by atoms with van der Waals surface area (Å²) in [6, 6.07) is 5.55. The molecule has 0 amide bonds. The van der Waals surface area contributed by atoms with Crippen LogP contribution in [-0.4, -0.2) is 34.1 Å². The molecule has 0 aliphatic heterocycles. The quantitative estimate of drug-likeness (QED) is 0.730. The lowest BCUT2D eigenvalue weighted by atomic mass is 10.2. The minimum Gasteiger partial charge on any atom is -0.496 e. The molecule has 0 aliphatic rings.